The highest BCUT2D eigenvalue weighted by Gasteiger charge is 2.09. The van der Waals surface area contributed by atoms with E-state index in [1.807, 2.05) is 37.3 Å². The lowest BCUT2D eigenvalue weighted by atomic mass is 9.98. The first-order valence-electron chi connectivity index (χ1n) is 7.92. The van der Waals surface area contributed by atoms with Gasteiger partial charge in [-0.3, -0.25) is 10.1 Å². The Morgan fingerprint density at radius 1 is 1.19 bits per heavy atom. The minimum Gasteiger partial charge on any atom is -0.275 e. The summed E-state index contributed by atoms with van der Waals surface area (Å²) in [6.07, 6.45) is 1.56. The second-order valence-electron chi connectivity index (χ2n) is 4.71. The van der Waals surface area contributed by atoms with Crippen molar-refractivity contribution in [3.63, 3.8) is 0 Å². The molecule has 0 radical (unpaired) electrons. The van der Waals surface area contributed by atoms with Crippen LogP contribution in [0.25, 0.3) is 22.5 Å². The van der Waals surface area contributed by atoms with E-state index in [4.69, 9.17) is 9.37 Å². The van der Waals surface area contributed by atoms with E-state index in [2.05, 4.69) is 15.2 Å². The number of benzene rings is 1. The van der Waals surface area contributed by atoms with Crippen LogP contribution in [0.2, 0.25) is 0 Å². The van der Waals surface area contributed by atoms with Crippen LogP contribution in [-0.4, -0.2) is 15.2 Å². The molecule has 0 aliphatic heterocycles. The molecule has 0 saturated carbocycles. The van der Waals surface area contributed by atoms with Crippen LogP contribution >= 0.6 is 0 Å². The van der Waals surface area contributed by atoms with E-state index in [-0.39, 0.29) is 11.3 Å². The summed E-state index contributed by atoms with van der Waals surface area (Å²) in [5.74, 6) is 0. The molecule has 2 heterocycles. The van der Waals surface area contributed by atoms with E-state index in [9.17, 15) is 0 Å². The van der Waals surface area contributed by atoms with Crippen LogP contribution in [0.5, 0.6) is 0 Å². The topological polar surface area (TPSA) is 65.4 Å². The third-order valence-corrected chi connectivity index (χ3v) is 3.31. The van der Waals surface area contributed by atoms with Gasteiger partial charge in [0, 0.05) is 21.9 Å². The molecule has 102 valence electrons. The molecule has 0 amide bonds. The summed E-state index contributed by atoms with van der Waals surface area (Å²) < 4.78 is 23.6. The van der Waals surface area contributed by atoms with Gasteiger partial charge in [0.1, 0.15) is 6.07 Å². The first-order chi connectivity index (χ1) is 11.4. The third kappa shape index (κ3) is 2.41. The van der Waals surface area contributed by atoms with Gasteiger partial charge in [-0.15, -0.1) is 0 Å². The summed E-state index contributed by atoms with van der Waals surface area (Å²) in [4.78, 5) is 4.36. The first kappa shape index (κ1) is 9.89. The second-order valence-corrected chi connectivity index (χ2v) is 4.71. The van der Waals surface area contributed by atoms with Gasteiger partial charge >= 0.3 is 0 Å². The molecule has 3 rings (SSSR count). The standard InChI is InChI=1S/C17H14N4/c1-11-5-3-4-6-14(11)15-10-19-16(7-12(15)2)17-8-13(9-18)20-21-17/h3-8,10H,1-2H3,(H,20,21)/i2D3. The quantitative estimate of drug-likeness (QED) is 0.778. The predicted molar refractivity (Wildman–Crippen MR) is 81.4 cm³/mol. The lowest BCUT2D eigenvalue weighted by Crippen LogP contribution is -1.91. The molecular weight excluding hydrogens is 260 g/mol. The van der Waals surface area contributed by atoms with Gasteiger partial charge in [-0.2, -0.15) is 10.4 Å². The molecule has 4 heteroatoms. The van der Waals surface area contributed by atoms with Crippen molar-refractivity contribution >= 4 is 0 Å². The van der Waals surface area contributed by atoms with Crippen LogP contribution in [0, 0.1) is 25.1 Å². The number of aromatic nitrogens is 3. The fourth-order valence-electron chi connectivity index (χ4n) is 2.20. The van der Waals surface area contributed by atoms with Crippen LogP contribution in [0.15, 0.2) is 42.6 Å². The van der Waals surface area contributed by atoms with Crippen molar-refractivity contribution < 1.29 is 4.11 Å². The van der Waals surface area contributed by atoms with Gasteiger partial charge in [0.2, 0.25) is 0 Å². The summed E-state index contributed by atoms with van der Waals surface area (Å²) in [7, 11) is 0. The van der Waals surface area contributed by atoms with Crippen LogP contribution in [-0.2, 0) is 0 Å². The molecule has 3 aromatic rings. The molecule has 0 atom stereocenters. The maximum absolute atomic E-state index is 8.86. The Morgan fingerprint density at radius 2 is 2.05 bits per heavy atom. The molecule has 0 saturated heterocycles. The highest BCUT2D eigenvalue weighted by atomic mass is 15.1. The maximum atomic E-state index is 8.86. The molecule has 0 aliphatic rings. The van der Waals surface area contributed by atoms with Crippen molar-refractivity contribution in [2.75, 3.05) is 0 Å². The zero-order valence-corrected chi connectivity index (χ0v) is 11.4. The number of aryl methyl sites for hydroxylation is 2. The van der Waals surface area contributed by atoms with Crippen LogP contribution in [0.1, 0.15) is 20.9 Å². The zero-order valence-electron chi connectivity index (χ0n) is 14.4. The van der Waals surface area contributed by atoms with Gasteiger partial charge in [-0.25, -0.2) is 0 Å². The van der Waals surface area contributed by atoms with Crippen molar-refractivity contribution in [2.45, 2.75) is 13.8 Å². The minimum atomic E-state index is -2.28. The molecule has 0 spiro atoms. The van der Waals surface area contributed by atoms with Crippen LogP contribution in [0.4, 0.5) is 0 Å². The zero-order chi connectivity index (χ0) is 17.3. The largest absolute Gasteiger partial charge is 0.275 e. The summed E-state index contributed by atoms with van der Waals surface area (Å²) in [6.45, 7) is -0.353. The lowest BCUT2D eigenvalue weighted by Gasteiger charge is -2.09. The average molecular weight is 277 g/mol. The van der Waals surface area contributed by atoms with Crippen LogP contribution in [0.3, 0.4) is 0 Å². The van der Waals surface area contributed by atoms with E-state index in [0.717, 1.165) is 11.1 Å². The summed E-state index contributed by atoms with van der Waals surface area (Å²) >= 11 is 0. The highest BCUT2D eigenvalue weighted by molar-refractivity contribution is 5.72. The van der Waals surface area contributed by atoms with Gasteiger partial charge < -0.3 is 0 Å². The lowest BCUT2D eigenvalue weighted by molar-refractivity contribution is 1.07. The van der Waals surface area contributed by atoms with Crippen molar-refractivity contribution in [3.05, 3.63) is 59.4 Å². The number of pyridine rings is 1. The molecule has 4 nitrogen and oxygen atoms in total. The SMILES string of the molecule is [2H]C([2H])([2H])c1cc(-c2cc(C#N)n[nH]2)ncc1-c1ccccc1C. The minimum absolute atomic E-state index is 0.218. The molecule has 1 aromatic carbocycles. The Labute approximate surface area is 127 Å². The third-order valence-electron chi connectivity index (χ3n) is 3.31. The van der Waals surface area contributed by atoms with Gasteiger partial charge in [-0.05, 0) is 36.5 Å². The van der Waals surface area contributed by atoms with Crippen molar-refractivity contribution in [2.24, 2.45) is 0 Å². The van der Waals surface area contributed by atoms with Gasteiger partial charge in [0.05, 0.1) is 11.4 Å². The Kier molecular flexibility index (Phi) is 2.46. The average Bonchev–Trinajstić information content (AvgIpc) is 3.03. The number of hydrogen-bond acceptors (Lipinski definition) is 3. The van der Waals surface area contributed by atoms with E-state index < -0.39 is 6.85 Å². The number of aromatic amines is 1. The van der Waals surface area contributed by atoms with E-state index in [1.165, 1.54) is 6.07 Å². The Balaban J connectivity index is 2.19. The Bertz CT molecular complexity index is 935. The maximum Gasteiger partial charge on any atom is 0.162 e. The molecule has 2 aromatic heterocycles. The fraction of sp³-hybridized carbons (Fsp3) is 0.118. The summed E-state index contributed by atoms with van der Waals surface area (Å²) in [5, 5.41) is 15.4. The first-order valence-corrected chi connectivity index (χ1v) is 6.42. The number of nitrogens with one attached hydrogen (secondary N) is 1. The van der Waals surface area contributed by atoms with E-state index in [1.54, 1.807) is 12.3 Å². The van der Waals surface area contributed by atoms with Crippen LogP contribution < -0.4 is 0 Å². The molecule has 1 N–H and O–H groups in total. The molecule has 0 fully saturated rings. The van der Waals surface area contributed by atoms with E-state index >= 15 is 0 Å². The molecule has 0 aliphatic carbocycles. The summed E-state index contributed by atoms with van der Waals surface area (Å²) in [6, 6.07) is 12.6. The predicted octanol–water partition coefficient (Wildman–Crippen LogP) is 3.63. The summed E-state index contributed by atoms with van der Waals surface area (Å²) in [5.41, 5.74) is 3.79. The normalized spacial score (nSPS) is 13.0. The number of nitrogens with zero attached hydrogens (tertiary/aromatic N) is 3. The number of rotatable bonds is 2. The van der Waals surface area contributed by atoms with Crippen molar-refractivity contribution in [1.29, 1.82) is 5.26 Å². The van der Waals surface area contributed by atoms with Gasteiger partial charge in [-0.1, -0.05) is 24.3 Å². The molecular formula is C17H14N4. The number of hydrogen-bond donors (Lipinski definition) is 1. The van der Waals surface area contributed by atoms with Crippen molar-refractivity contribution in [1.82, 2.24) is 15.2 Å². The number of H-pyrrole nitrogens is 1. The van der Waals surface area contributed by atoms with E-state index in [0.29, 0.717) is 17.0 Å². The molecule has 0 bridgehead atoms. The number of nitriles is 1. The Hall–Kier alpha value is -2.93. The monoisotopic (exact) mass is 277 g/mol. The smallest absolute Gasteiger partial charge is 0.162 e. The second kappa shape index (κ2) is 5.22. The van der Waals surface area contributed by atoms with Gasteiger partial charge in [0.15, 0.2) is 5.69 Å². The van der Waals surface area contributed by atoms with Crippen molar-refractivity contribution in [3.8, 4) is 28.6 Å². The fourth-order valence-corrected chi connectivity index (χ4v) is 2.20. The van der Waals surface area contributed by atoms with Gasteiger partial charge in [0.25, 0.3) is 0 Å². The molecule has 21 heavy (non-hydrogen) atoms. The molecule has 0 unspecified atom stereocenters. The Morgan fingerprint density at radius 3 is 2.76 bits per heavy atom. The highest BCUT2D eigenvalue weighted by Crippen LogP contribution is 2.28.